The van der Waals surface area contributed by atoms with E-state index >= 15 is 0 Å². The van der Waals surface area contributed by atoms with E-state index in [4.69, 9.17) is 4.74 Å². The summed E-state index contributed by atoms with van der Waals surface area (Å²) >= 11 is 0. The van der Waals surface area contributed by atoms with E-state index in [1.165, 1.54) is 0 Å². The maximum absolute atomic E-state index is 12.6. The number of pyridine rings is 1. The van der Waals surface area contributed by atoms with Gasteiger partial charge in [-0.2, -0.15) is 0 Å². The Hall–Kier alpha value is -1.46. The highest BCUT2D eigenvalue weighted by Crippen LogP contribution is 2.19. The number of carbonyl (C=O) groups excluding carboxylic acids is 1. The fraction of sp³-hybridized carbons (Fsp3) is 0.625. The predicted octanol–water partition coefficient (Wildman–Crippen LogP) is 1.44. The van der Waals surface area contributed by atoms with Crippen LogP contribution in [-0.4, -0.2) is 67.1 Å². The number of aromatic nitrogens is 1. The largest absolute Gasteiger partial charge is 0.380 e. The van der Waals surface area contributed by atoms with Crippen LogP contribution >= 0.6 is 0 Å². The Morgan fingerprint density at radius 1 is 1.57 bits per heavy atom. The van der Waals surface area contributed by atoms with Gasteiger partial charge in [0.15, 0.2) is 0 Å². The first-order valence-corrected chi connectivity index (χ1v) is 7.49. The van der Waals surface area contributed by atoms with E-state index in [0.717, 1.165) is 24.9 Å². The SMILES string of the molecule is CCc1cccnc1C(=O)N(C)C[C@@H]1C[C@H](OC)CN1C. The molecule has 2 rings (SSSR count). The zero-order chi connectivity index (χ0) is 15.4. The Morgan fingerprint density at radius 2 is 2.33 bits per heavy atom. The lowest BCUT2D eigenvalue weighted by Crippen LogP contribution is -2.40. The highest BCUT2D eigenvalue weighted by atomic mass is 16.5. The molecule has 0 aliphatic carbocycles. The van der Waals surface area contributed by atoms with Crippen molar-refractivity contribution in [3.05, 3.63) is 29.6 Å². The maximum atomic E-state index is 12.6. The summed E-state index contributed by atoms with van der Waals surface area (Å²) in [6.45, 7) is 3.67. The van der Waals surface area contributed by atoms with Crippen LogP contribution < -0.4 is 0 Å². The van der Waals surface area contributed by atoms with Crippen molar-refractivity contribution in [1.29, 1.82) is 0 Å². The number of aryl methyl sites for hydroxylation is 1. The molecule has 0 unspecified atom stereocenters. The Labute approximate surface area is 126 Å². The monoisotopic (exact) mass is 291 g/mol. The molecule has 5 nitrogen and oxygen atoms in total. The zero-order valence-corrected chi connectivity index (χ0v) is 13.4. The van der Waals surface area contributed by atoms with Crippen LogP contribution in [0, 0.1) is 0 Å². The second-order valence-corrected chi connectivity index (χ2v) is 5.74. The molecule has 1 aliphatic heterocycles. The summed E-state index contributed by atoms with van der Waals surface area (Å²) in [5.41, 5.74) is 1.58. The van der Waals surface area contributed by atoms with Gasteiger partial charge in [0.25, 0.3) is 5.91 Å². The first-order chi connectivity index (χ1) is 10.1. The van der Waals surface area contributed by atoms with Gasteiger partial charge in [0, 0.05) is 39.5 Å². The highest BCUT2D eigenvalue weighted by molar-refractivity contribution is 5.93. The molecule has 21 heavy (non-hydrogen) atoms. The van der Waals surface area contributed by atoms with Crippen LogP contribution in [0.15, 0.2) is 18.3 Å². The number of ether oxygens (including phenoxy) is 1. The third kappa shape index (κ3) is 3.60. The number of nitrogens with zero attached hydrogens (tertiary/aromatic N) is 3. The van der Waals surface area contributed by atoms with E-state index < -0.39 is 0 Å². The molecule has 116 valence electrons. The van der Waals surface area contributed by atoms with Gasteiger partial charge in [0.1, 0.15) is 5.69 Å². The molecule has 2 atom stereocenters. The van der Waals surface area contributed by atoms with Crippen LogP contribution in [0.3, 0.4) is 0 Å². The van der Waals surface area contributed by atoms with Crippen molar-refractivity contribution in [2.24, 2.45) is 0 Å². The van der Waals surface area contributed by atoms with Crippen LogP contribution in [-0.2, 0) is 11.2 Å². The lowest BCUT2D eigenvalue weighted by atomic mass is 10.1. The third-order valence-electron chi connectivity index (χ3n) is 4.29. The first kappa shape index (κ1) is 15.9. The van der Waals surface area contributed by atoms with Crippen molar-refractivity contribution in [2.75, 3.05) is 34.3 Å². The standard InChI is InChI=1S/C16H25N3O2/c1-5-12-7-6-8-17-15(12)16(20)19(3)10-13-9-14(21-4)11-18(13)2/h6-8,13-14H,5,9-11H2,1-4H3/t13-,14-/m0/s1. The van der Waals surface area contributed by atoms with Crippen LogP contribution in [0.2, 0.25) is 0 Å². The summed E-state index contributed by atoms with van der Waals surface area (Å²) < 4.78 is 5.42. The molecule has 5 heteroatoms. The predicted molar refractivity (Wildman–Crippen MR) is 82.4 cm³/mol. The molecule has 1 aromatic heterocycles. The Balaban J connectivity index is 2.03. The number of methoxy groups -OCH3 is 1. The van der Waals surface area contributed by atoms with E-state index in [-0.39, 0.29) is 12.0 Å². The summed E-state index contributed by atoms with van der Waals surface area (Å²) in [6.07, 6.45) is 3.73. The summed E-state index contributed by atoms with van der Waals surface area (Å²) in [5.74, 6) is 0.00159. The molecular weight excluding hydrogens is 266 g/mol. The lowest BCUT2D eigenvalue weighted by molar-refractivity contribution is 0.0753. The fourth-order valence-electron chi connectivity index (χ4n) is 2.91. The molecule has 0 radical (unpaired) electrons. The quantitative estimate of drug-likeness (QED) is 0.823. The van der Waals surface area contributed by atoms with Gasteiger partial charge in [-0.3, -0.25) is 14.7 Å². The number of hydrogen-bond acceptors (Lipinski definition) is 4. The van der Waals surface area contributed by atoms with Crippen molar-refractivity contribution in [1.82, 2.24) is 14.8 Å². The Morgan fingerprint density at radius 3 is 2.95 bits per heavy atom. The summed E-state index contributed by atoms with van der Waals surface area (Å²) in [5, 5.41) is 0. The number of amides is 1. The van der Waals surface area contributed by atoms with Crippen LogP contribution in [0.5, 0.6) is 0 Å². The van der Waals surface area contributed by atoms with Gasteiger partial charge in [-0.1, -0.05) is 13.0 Å². The van der Waals surface area contributed by atoms with Gasteiger partial charge in [-0.15, -0.1) is 0 Å². The number of likely N-dealkylation sites (N-methyl/N-ethyl adjacent to an activating group) is 2. The van der Waals surface area contributed by atoms with Gasteiger partial charge in [-0.05, 0) is 31.5 Å². The highest BCUT2D eigenvalue weighted by Gasteiger charge is 2.31. The van der Waals surface area contributed by atoms with E-state index in [1.807, 2.05) is 26.1 Å². The minimum Gasteiger partial charge on any atom is -0.380 e. The van der Waals surface area contributed by atoms with Gasteiger partial charge in [-0.25, -0.2) is 0 Å². The van der Waals surface area contributed by atoms with Crippen molar-refractivity contribution in [2.45, 2.75) is 31.9 Å². The lowest BCUT2D eigenvalue weighted by Gasteiger charge is -2.25. The summed E-state index contributed by atoms with van der Waals surface area (Å²) in [7, 11) is 5.68. The average molecular weight is 291 g/mol. The molecule has 0 spiro atoms. The van der Waals surface area contributed by atoms with Gasteiger partial charge < -0.3 is 9.64 Å². The Bertz CT molecular complexity index is 492. The molecule has 1 saturated heterocycles. The fourth-order valence-corrected chi connectivity index (χ4v) is 2.91. The molecule has 0 saturated carbocycles. The summed E-state index contributed by atoms with van der Waals surface area (Å²) in [6, 6.07) is 4.19. The molecule has 0 aromatic carbocycles. The average Bonchev–Trinajstić information content (AvgIpc) is 2.86. The van der Waals surface area contributed by atoms with Crippen molar-refractivity contribution in [3.63, 3.8) is 0 Å². The van der Waals surface area contributed by atoms with Crippen LogP contribution in [0.25, 0.3) is 0 Å². The number of likely N-dealkylation sites (tertiary alicyclic amines) is 1. The minimum atomic E-state index is 0.00159. The molecule has 1 fully saturated rings. The van der Waals surface area contributed by atoms with Gasteiger partial charge in [0.05, 0.1) is 6.10 Å². The zero-order valence-electron chi connectivity index (χ0n) is 13.4. The van der Waals surface area contributed by atoms with E-state index in [1.54, 1.807) is 18.2 Å². The van der Waals surface area contributed by atoms with E-state index in [9.17, 15) is 4.79 Å². The Kier molecular flexibility index (Phi) is 5.31. The number of carbonyl (C=O) groups is 1. The van der Waals surface area contributed by atoms with Crippen molar-refractivity contribution in [3.8, 4) is 0 Å². The van der Waals surface area contributed by atoms with E-state index in [0.29, 0.717) is 18.3 Å². The molecular formula is C16H25N3O2. The number of hydrogen-bond donors (Lipinski definition) is 0. The molecule has 1 amide bonds. The topological polar surface area (TPSA) is 45.7 Å². The molecule has 0 N–H and O–H groups in total. The molecule has 1 aromatic rings. The second-order valence-electron chi connectivity index (χ2n) is 5.74. The van der Waals surface area contributed by atoms with Crippen LogP contribution in [0.1, 0.15) is 29.4 Å². The molecule has 1 aliphatic rings. The normalized spacial score (nSPS) is 22.5. The third-order valence-corrected chi connectivity index (χ3v) is 4.29. The number of rotatable bonds is 5. The maximum Gasteiger partial charge on any atom is 0.272 e. The smallest absolute Gasteiger partial charge is 0.272 e. The van der Waals surface area contributed by atoms with Gasteiger partial charge >= 0.3 is 0 Å². The second kappa shape index (κ2) is 7.00. The first-order valence-electron chi connectivity index (χ1n) is 7.49. The van der Waals surface area contributed by atoms with Gasteiger partial charge in [0.2, 0.25) is 0 Å². The molecule has 2 heterocycles. The molecule has 0 bridgehead atoms. The van der Waals surface area contributed by atoms with Crippen molar-refractivity contribution < 1.29 is 9.53 Å². The minimum absolute atomic E-state index is 0.00159. The van der Waals surface area contributed by atoms with E-state index in [2.05, 4.69) is 16.9 Å². The van der Waals surface area contributed by atoms with Crippen molar-refractivity contribution >= 4 is 5.91 Å². The summed E-state index contributed by atoms with van der Waals surface area (Å²) in [4.78, 5) is 20.9. The van der Waals surface area contributed by atoms with Crippen LogP contribution in [0.4, 0.5) is 0 Å².